The van der Waals surface area contributed by atoms with Crippen molar-refractivity contribution < 1.29 is 0 Å². The van der Waals surface area contributed by atoms with Crippen molar-refractivity contribution in [2.75, 3.05) is 5.32 Å². The van der Waals surface area contributed by atoms with Gasteiger partial charge in [-0.15, -0.1) is 0 Å². The summed E-state index contributed by atoms with van der Waals surface area (Å²) in [6, 6.07) is 17.0. The van der Waals surface area contributed by atoms with Gasteiger partial charge in [-0.25, -0.2) is 0 Å². The molecular weight excluding hydrogens is 270 g/mol. The number of para-hydroxylation sites is 1. The van der Waals surface area contributed by atoms with Crippen molar-refractivity contribution in [1.29, 1.82) is 0 Å². The molecule has 2 aromatic rings. The molecule has 1 nitrogen and oxygen atoms in total. The second kappa shape index (κ2) is 6.31. The molecule has 0 heterocycles. The van der Waals surface area contributed by atoms with E-state index in [4.69, 9.17) is 0 Å². The van der Waals surface area contributed by atoms with Gasteiger partial charge in [-0.05, 0) is 41.9 Å². The van der Waals surface area contributed by atoms with Gasteiger partial charge in [0.15, 0.2) is 0 Å². The predicted octanol–water partition coefficient (Wildman–Crippen LogP) is 5.63. The second-order valence-electron chi connectivity index (χ2n) is 6.61. The summed E-state index contributed by atoms with van der Waals surface area (Å²) in [7, 11) is -1.45. The van der Waals surface area contributed by atoms with Crippen LogP contribution < -0.4 is 5.32 Å². The lowest BCUT2D eigenvalue weighted by atomic mass is 10.1. The minimum absolute atomic E-state index is 1.25. The Kier molecular flexibility index (Phi) is 4.68. The van der Waals surface area contributed by atoms with Gasteiger partial charge in [0.2, 0.25) is 0 Å². The van der Waals surface area contributed by atoms with Crippen LogP contribution in [0.2, 0.25) is 19.6 Å². The maximum Gasteiger partial charge on any atom is 0.0982 e. The Morgan fingerprint density at radius 2 is 1.43 bits per heavy atom. The molecule has 0 aliphatic rings. The van der Waals surface area contributed by atoms with Crippen molar-refractivity contribution in [1.82, 2.24) is 0 Å². The summed E-state index contributed by atoms with van der Waals surface area (Å²) < 4.78 is 0. The lowest BCUT2D eigenvalue weighted by Gasteiger charge is -2.25. The van der Waals surface area contributed by atoms with E-state index in [0.29, 0.717) is 0 Å². The van der Waals surface area contributed by atoms with Gasteiger partial charge < -0.3 is 5.32 Å². The average Bonchev–Trinajstić information content (AvgIpc) is 2.42. The minimum atomic E-state index is -1.45. The molecule has 0 amide bonds. The van der Waals surface area contributed by atoms with Crippen molar-refractivity contribution in [2.24, 2.45) is 0 Å². The highest BCUT2D eigenvalue weighted by Gasteiger charge is 2.21. The summed E-state index contributed by atoms with van der Waals surface area (Å²) in [6.07, 6.45) is 2.30. The fraction of sp³-hybridized carbons (Fsp3) is 0.263. The Bertz CT molecular complexity index is 616. The standard InChI is InChI=1S/C19H25NSi/c1-15-10-9-11-16(2)19(15)20-18(21(3,4)5)14-17-12-7-6-8-13-17/h6-14,20H,1-5H3/b18-14-. The maximum absolute atomic E-state index is 3.73. The summed E-state index contributed by atoms with van der Waals surface area (Å²) in [5.41, 5.74) is 5.11. The van der Waals surface area contributed by atoms with Crippen LogP contribution in [0.3, 0.4) is 0 Å². The first-order valence-electron chi connectivity index (χ1n) is 7.48. The zero-order chi connectivity index (χ0) is 15.5. The molecule has 0 saturated carbocycles. The number of anilines is 1. The summed E-state index contributed by atoms with van der Waals surface area (Å²) in [5, 5.41) is 5.09. The van der Waals surface area contributed by atoms with E-state index >= 15 is 0 Å². The van der Waals surface area contributed by atoms with Crippen LogP contribution in [0.25, 0.3) is 6.08 Å². The first-order chi connectivity index (χ1) is 9.88. The molecule has 0 bridgehead atoms. The molecule has 2 rings (SSSR count). The monoisotopic (exact) mass is 295 g/mol. The third kappa shape index (κ3) is 4.08. The Labute approximate surface area is 129 Å². The van der Waals surface area contributed by atoms with Crippen LogP contribution in [-0.4, -0.2) is 8.07 Å². The Morgan fingerprint density at radius 3 is 1.95 bits per heavy atom. The number of nitrogens with one attached hydrogen (secondary N) is 1. The van der Waals surface area contributed by atoms with Crippen LogP contribution >= 0.6 is 0 Å². The molecule has 0 unspecified atom stereocenters. The molecule has 0 radical (unpaired) electrons. The largest absolute Gasteiger partial charge is 0.362 e. The van der Waals surface area contributed by atoms with Crippen molar-refractivity contribution in [3.8, 4) is 0 Å². The molecule has 2 aromatic carbocycles. The third-order valence-electron chi connectivity index (χ3n) is 3.66. The van der Waals surface area contributed by atoms with Crippen LogP contribution in [-0.2, 0) is 0 Å². The SMILES string of the molecule is Cc1cccc(C)c1N/C(=C/c1ccccc1)[Si](C)(C)C. The Morgan fingerprint density at radius 1 is 0.857 bits per heavy atom. The molecule has 0 aliphatic carbocycles. The van der Waals surface area contributed by atoms with Crippen LogP contribution in [0.1, 0.15) is 16.7 Å². The van der Waals surface area contributed by atoms with Gasteiger partial charge >= 0.3 is 0 Å². The fourth-order valence-corrected chi connectivity index (χ4v) is 3.40. The average molecular weight is 296 g/mol. The molecule has 0 aromatic heterocycles. The lowest BCUT2D eigenvalue weighted by Crippen LogP contribution is -2.29. The molecule has 0 aliphatic heterocycles. The molecular formula is C19H25NSi. The van der Waals surface area contributed by atoms with Gasteiger partial charge in [0.25, 0.3) is 0 Å². The van der Waals surface area contributed by atoms with Gasteiger partial charge in [0.1, 0.15) is 0 Å². The molecule has 21 heavy (non-hydrogen) atoms. The van der Waals surface area contributed by atoms with E-state index < -0.39 is 8.07 Å². The number of aryl methyl sites for hydroxylation is 2. The first kappa shape index (κ1) is 15.6. The Balaban J connectivity index is 2.41. The number of rotatable bonds is 4. The maximum atomic E-state index is 3.73. The number of hydrogen-bond acceptors (Lipinski definition) is 1. The van der Waals surface area contributed by atoms with E-state index in [-0.39, 0.29) is 0 Å². The number of hydrogen-bond donors (Lipinski definition) is 1. The topological polar surface area (TPSA) is 12.0 Å². The molecule has 0 atom stereocenters. The van der Waals surface area contributed by atoms with Gasteiger partial charge in [-0.1, -0.05) is 68.2 Å². The highest BCUT2D eigenvalue weighted by atomic mass is 28.3. The van der Waals surface area contributed by atoms with Crippen molar-refractivity contribution in [3.63, 3.8) is 0 Å². The zero-order valence-corrected chi connectivity index (χ0v) is 14.7. The van der Waals surface area contributed by atoms with Crippen LogP contribution in [0.15, 0.2) is 53.9 Å². The lowest BCUT2D eigenvalue weighted by molar-refractivity contribution is 1.34. The van der Waals surface area contributed by atoms with E-state index in [1.165, 1.54) is 27.7 Å². The van der Waals surface area contributed by atoms with E-state index in [1.54, 1.807) is 0 Å². The van der Waals surface area contributed by atoms with E-state index in [1.807, 2.05) is 0 Å². The third-order valence-corrected chi connectivity index (χ3v) is 5.54. The van der Waals surface area contributed by atoms with Crippen molar-refractivity contribution in [2.45, 2.75) is 33.5 Å². The van der Waals surface area contributed by atoms with E-state index in [0.717, 1.165) is 0 Å². The summed E-state index contributed by atoms with van der Waals surface area (Å²) in [6.45, 7) is 11.5. The highest BCUT2D eigenvalue weighted by molar-refractivity contribution is 6.84. The van der Waals surface area contributed by atoms with Crippen molar-refractivity contribution in [3.05, 3.63) is 70.5 Å². The molecule has 110 valence electrons. The molecule has 2 heteroatoms. The summed E-state index contributed by atoms with van der Waals surface area (Å²) in [4.78, 5) is 0. The van der Waals surface area contributed by atoms with E-state index in [9.17, 15) is 0 Å². The summed E-state index contributed by atoms with van der Waals surface area (Å²) >= 11 is 0. The second-order valence-corrected chi connectivity index (χ2v) is 11.6. The van der Waals surface area contributed by atoms with Crippen LogP contribution in [0, 0.1) is 13.8 Å². The molecule has 0 spiro atoms. The van der Waals surface area contributed by atoms with Gasteiger partial charge in [-0.2, -0.15) is 0 Å². The van der Waals surface area contributed by atoms with Crippen LogP contribution in [0.5, 0.6) is 0 Å². The fourth-order valence-electron chi connectivity index (χ4n) is 2.30. The number of benzene rings is 2. The quantitative estimate of drug-likeness (QED) is 0.720. The molecule has 1 N–H and O–H groups in total. The van der Waals surface area contributed by atoms with Gasteiger partial charge in [-0.3, -0.25) is 0 Å². The molecule has 0 saturated heterocycles. The predicted molar refractivity (Wildman–Crippen MR) is 97.3 cm³/mol. The minimum Gasteiger partial charge on any atom is -0.362 e. The Hall–Kier alpha value is -1.80. The zero-order valence-electron chi connectivity index (χ0n) is 13.7. The summed E-state index contributed by atoms with van der Waals surface area (Å²) in [5.74, 6) is 0. The smallest absolute Gasteiger partial charge is 0.0982 e. The van der Waals surface area contributed by atoms with Gasteiger partial charge in [0, 0.05) is 5.69 Å². The normalized spacial score (nSPS) is 12.3. The van der Waals surface area contributed by atoms with Gasteiger partial charge in [0.05, 0.1) is 8.07 Å². The van der Waals surface area contributed by atoms with E-state index in [2.05, 4.69) is 93.4 Å². The molecule has 0 fully saturated rings. The first-order valence-corrected chi connectivity index (χ1v) is 11.0. The van der Waals surface area contributed by atoms with Crippen molar-refractivity contribution >= 4 is 19.8 Å². The van der Waals surface area contributed by atoms with Crippen LogP contribution in [0.4, 0.5) is 5.69 Å². The highest BCUT2D eigenvalue weighted by Crippen LogP contribution is 2.26.